The van der Waals surface area contributed by atoms with E-state index in [9.17, 15) is 0 Å². The fourth-order valence-electron chi connectivity index (χ4n) is 1.83. The van der Waals surface area contributed by atoms with Crippen molar-refractivity contribution in [3.63, 3.8) is 0 Å². The average Bonchev–Trinajstić information content (AvgIpc) is 2.39. The second kappa shape index (κ2) is 5.13. The molecule has 88 valence electrons. The van der Waals surface area contributed by atoms with Gasteiger partial charge in [0.05, 0.1) is 6.04 Å². The largest absolute Gasteiger partial charge is 0.326 e. The minimum Gasteiger partial charge on any atom is -0.326 e. The summed E-state index contributed by atoms with van der Waals surface area (Å²) >= 11 is 0. The minimum atomic E-state index is -0.0672. The van der Waals surface area contributed by atoms with Gasteiger partial charge in [0.15, 0.2) is 0 Å². The lowest BCUT2D eigenvalue weighted by molar-refractivity contribution is 0.868. The first kappa shape index (κ1) is 11.8. The van der Waals surface area contributed by atoms with Gasteiger partial charge >= 0.3 is 0 Å². The van der Waals surface area contributed by atoms with Crippen LogP contribution in [0, 0.1) is 6.92 Å². The molecule has 2 heteroatoms. The standard InChI is InChI=1S/C15H18N2/c1-11-2-6-13(7-3-11)15(17)14-8-4-12(10-16)5-9-14/h2-9,15H,10,16-17H2,1H3. The Labute approximate surface area is 102 Å². The van der Waals surface area contributed by atoms with Crippen molar-refractivity contribution in [3.05, 3.63) is 70.8 Å². The molecule has 17 heavy (non-hydrogen) atoms. The van der Waals surface area contributed by atoms with Crippen LogP contribution in [0.3, 0.4) is 0 Å². The zero-order chi connectivity index (χ0) is 12.3. The van der Waals surface area contributed by atoms with Crippen LogP contribution in [0.1, 0.15) is 28.3 Å². The molecule has 1 atom stereocenters. The van der Waals surface area contributed by atoms with Gasteiger partial charge in [0.25, 0.3) is 0 Å². The van der Waals surface area contributed by atoms with Crippen LogP contribution in [0.15, 0.2) is 48.5 Å². The summed E-state index contributed by atoms with van der Waals surface area (Å²) in [6.07, 6.45) is 0. The molecular formula is C15H18N2. The minimum absolute atomic E-state index is 0.0672. The molecular weight excluding hydrogens is 208 g/mol. The predicted octanol–water partition coefficient (Wildman–Crippen LogP) is 2.50. The van der Waals surface area contributed by atoms with Crippen LogP contribution in [0.25, 0.3) is 0 Å². The number of aryl methyl sites for hydroxylation is 1. The Bertz CT molecular complexity index is 471. The molecule has 0 aliphatic heterocycles. The van der Waals surface area contributed by atoms with Crippen LogP contribution in [0.4, 0.5) is 0 Å². The van der Waals surface area contributed by atoms with Crippen LogP contribution in [0.5, 0.6) is 0 Å². The van der Waals surface area contributed by atoms with Gasteiger partial charge in [-0.2, -0.15) is 0 Å². The molecule has 2 nitrogen and oxygen atoms in total. The first-order valence-electron chi connectivity index (χ1n) is 5.82. The first-order chi connectivity index (χ1) is 8.20. The monoisotopic (exact) mass is 226 g/mol. The van der Waals surface area contributed by atoms with Gasteiger partial charge in [0, 0.05) is 6.54 Å². The topological polar surface area (TPSA) is 52.0 Å². The Morgan fingerprint density at radius 3 is 1.82 bits per heavy atom. The van der Waals surface area contributed by atoms with Crippen molar-refractivity contribution in [2.24, 2.45) is 11.5 Å². The summed E-state index contributed by atoms with van der Waals surface area (Å²) in [7, 11) is 0. The maximum absolute atomic E-state index is 6.23. The van der Waals surface area contributed by atoms with E-state index in [1.807, 2.05) is 24.3 Å². The van der Waals surface area contributed by atoms with E-state index < -0.39 is 0 Å². The van der Waals surface area contributed by atoms with Gasteiger partial charge in [-0.3, -0.25) is 0 Å². The molecule has 2 aromatic carbocycles. The third-order valence-corrected chi connectivity index (χ3v) is 3.01. The quantitative estimate of drug-likeness (QED) is 0.845. The lowest BCUT2D eigenvalue weighted by Crippen LogP contribution is -2.11. The molecule has 0 amide bonds. The van der Waals surface area contributed by atoms with E-state index in [-0.39, 0.29) is 6.04 Å². The molecule has 0 bridgehead atoms. The Hall–Kier alpha value is -1.64. The Balaban J connectivity index is 2.23. The third kappa shape index (κ3) is 2.73. The summed E-state index contributed by atoms with van der Waals surface area (Å²) in [5.41, 5.74) is 16.4. The smallest absolute Gasteiger partial charge is 0.0551 e. The Morgan fingerprint density at radius 2 is 1.35 bits per heavy atom. The van der Waals surface area contributed by atoms with Gasteiger partial charge in [-0.25, -0.2) is 0 Å². The molecule has 0 spiro atoms. The van der Waals surface area contributed by atoms with Gasteiger partial charge in [-0.15, -0.1) is 0 Å². The number of rotatable bonds is 3. The lowest BCUT2D eigenvalue weighted by Gasteiger charge is -2.13. The van der Waals surface area contributed by atoms with Gasteiger partial charge < -0.3 is 11.5 Å². The summed E-state index contributed by atoms with van der Waals surface area (Å²) in [6.45, 7) is 2.64. The molecule has 0 aliphatic carbocycles. The first-order valence-corrected chi connectivity index (χ1v) is 5.82. The molecule has 0 saturated heterocycles. The number of hydrogen-bond acceptors (Lipinski definition) is 2. The van der Waals surface area contributed by atoms with Crippen LogP contribution in [0.2, 0.25) is 0 Å². The molecule has 2 rings (SSSR count). The van der Waals surface area contributed by atoms with Crippen molar-refractivity contribution < 1.29 is 0 Å². The highest BCUT2D eigenvalue weighted by Gasteiger charge is 2.07. The van der Waals surface area contributed by atoms with Crippen molar-refractivity contribution in [2.75, 3.05) is 0 Å². The maximum atomic E-state index is 6.23. The van der Waals surface area contributed by atoms with Crippen molar-refractivity contribution in [1.29, 1.82) is 0 Å². The van der Waals surface area contributed by atoms with E-state index in [0.717, 1.165) is 16.7 Å². The van der Waals surface area contributed by atoms with Crippen molar-refractivity contribution in [2.45, 2.75) is 19.5 Å². The molecule has 0 radical (unpaired) electrons. The fourth-order valence-corrected chi connectivity index (χ4v) is 1.83. The van der Waals surface area contributed by atoms with E-state index in [2.05, 4.69) is 31.2 Å². The van der Waals surface area contributed by atoms with E-state index in [1.54, 1.807) is 0 Å². The average molecular weight is 226 g/mol. The molecule has 4 N–H and O–H groups in total. The van der Waals surface area contributed by atoms with E-state index in [1.165, 1.54) is 5.56 Å². The van der Waals surface area contributed by atoms with Crippen LogP contribution < -0.4 is 11.5 Å². The highest BCUT2D eigenvalue weighted by atomic mass is 14.6. The zero-order valence-electron chi connectivity index (χ0n) is 10.1. The number of nitrogens with two attached hydrogens (primary N) is 2. The van der Waals surface area contributed by atoms with Crippen LogP contribution >= 0.6 is 0 Å². The van der Waals surface area contributed by atoms with E-state index in [0.29, 0.717) is 6.54 Å². The molecule has 2 aromatic rings. The number of benzene rings is 2. The summed E-state index contributed by atoms with van der Waals surface area (Å²) < 4.78 is 0. The molecule has 0 fully saturated rings. The molecule has 0 aliphatic rings. The highest BCUT2D eigenvalue weighted by Crippen LogP contribution is 2.20. The van der Waals surface area contributed by atoms with E-state index in [4.69, 9.17) is 11.5 Å². The summed E-state index contributed by atoms with van der Waals surface area (Å²) in [5.74, 6) is 0. The van der Waals surface area contributed by atoms with Crippen molar-refractivity contribution in [3.8, 4) is 0 Å². The van der Waals surface area contributed by atoms with Crippen molar-refractivity contribution >= 4 is 0 Å². The van der Waals surface area contributed by atoms with Gasteiger partial charge in [0.2, 0.25) is 0 Å². The van der Waals surface area contributed by atoms with Crippen LogP contribution in [-0.2, 0) is 6.54 Å². The van der Waals surface area contributed by atoms with Crippen molar-refractivity contribution in [1.82, 2.24) is 0 Å². The van der Waals surface area contributed by atoms with E-state index >= 15 is 0 Å². The molecule has 1 unspecified atom stereocenters. The van der Waals surface area contributed by atoms with Gasteiger partial charge in [-0.1, -0.05) is 54.1 Å². The zero-order valence-corrected chi connectivity index (χ0v) is 10.1. The third-order valence-electron chi connectivity index (χ3n) is 3.01. The summed E-state index contributed by atoms with van der Waals surface area (Å²) in [4.78, 5) is 0. The normalized spacial score (nSPS) is 12.4. The lowest BCUT2D eigenvalue weighted by atomic mass is 9.98. The maximum Gasteiger partial charge on any atom is 0.0551 e. The fraction of sp³-hybridized carbons (Fsp3) is 0.200. The highest BCUT2D eigenvalue weighted by molar-refractivity contribution is 5.34. The number of hydrogen-bond donors (Lipinski definition) is 2. The molecule has 0 heterocycles. The second-order valence-electron chi connectivity index (χ2n) is 4.33. The summed E-state index contributed by atoms with van der Waals surface area (Å²) in [6, 6.07) is 16.4. The Kier molecular flexibility index (Phi) is 3.57. The second-order valence-corrected chi connectivity index (χ2v) is 4.33. The molecule has 0 saturated carbocycles. The molecule has 0 aromatic heterocycles. The summed E-state index contributed by atoms with van der Waals surface area (Å²) in [5, 5.41) is 0. The van der Waals surface area contributed by atoms with Gasteiger partial charge in [-0.05, 0) is 23.6 Å². The Morgan fingerprint density at radius 1 is 0.882 bits per heavy atom. The van der Waals surface area contributed by atoms with Crippen LogP contribution in [-0.4, -0.2) is 0 Å². The predicted molar refractivity (Wildman–Crippen MR) is 71.5 cm³/mol. The van der Waals surface area contributed by atoms with Gasteiger partial charge in [0.1, 0.15) is 0 Å². The SMILES string of the molecule is Cc1ccc(C(N)c2ccc(CN)cc2)cc1.